The lowest BCUT2D eigenvalue weighted by atomic mass is 9.87. The molecule has 6 nitrogen and oxygen atoms in total. The van der Waals surface area contributed by atoms with Crippen LogP contribution >= 0.6 is 0 Å². The fraction of sp³-hybridized carbons (Fsp3) is 0.529. The van der Waals surface area contributed by atoms with Gasteiger partial charge in [-0.25, -0.2) is 4.79 Å². The number of hydrogen-bond donors (Lipinski definition) is 1. The standard InChI is InChI=1S/C17H22N2O4/c1-11-4-5-13(12(2)10-11)17(3)15(20)19(16(21)18-17)7-6-14-22-8-9-23-14/h4-5,10,14H,6-9H2,1-3H3,(H,18,21). The molecule has 2 aliphatic heterocycles. The molecule has 2 heterocycles. The van der Waals surface area contributed by atoms with E-state index in [4.69, 9.17) is 9.47 Å². The largest absolute Gasteiger partial charge is 0.350 e. The first-order valence-electron chi connectivity index (χ1n) is 7.87. The zero-order valence-electron chi connectivity index (χ0n) is 13.7. The molecule has 0 radical (unpaired) electrons. The highest BCUT2D eigenvalue weighted by atomic mass is 16.7. The minimum atomic E-state index is -1.02. The van der Waals surface area contributed by atoms with Crippen molar-refractivity contribution in [3.63, 3.8) is 0 Å². The SMILES string of the molecule is Cc1ccc(C2(C)NC(=O)N(CCC3OCCO3)C2=O)c(C)c1. The number of carbonyl (C=O) groups excluding carboxylic acids is 2. The highest BCUT2D eigenvalue weighted by Gasteiger charge is 2.49. The van der Waals surface area contributed by atoms with Gasteiger partial charge in [0.2, 0.25) is 0 Å². The Kier molecular flexibility index (Phi) is 4.12. The van der Waals surface area contributed by atoms with Gasteiger partial charge in [0.15, 0.2) is 6.29 Å². The number of amides is 3. The molecular weight excluding hydrogens is 296 g/mol. The van der Waals surface area contributed by atoms with Crippen LogP contribution in [0.4, 0.5) is 4.79 Å². The van der Waals surface area contributed by atoms with Gasteiger partial charge in [0, 0.05) is 13.0 Å². The molecule has 0 aliphatic carbocycles. The molecule has 1 unspecified atom stereocenters. The van der Waals surface area contributed by atoms with E-state index in [2.05, 4.69) is 5.32 Å². The van der Waals surface area contributed by atoms with E-state index in [0.717, 1.165) is 16.7 Å². The Morgan fingerprint density at radius 1 is 1.26 bits per heavy atom. The van der Waals surface area contributed by atoms with Gasteiger partial charge < -0.3 is 14.8 Å². The maximum atomic E-state index is 12.8. The van der Waals surface area contributed by atoms with Gasteiger partial charge in [0.25, 0.3) is 5.91 Å². The molecule has 1 aromatic rings. The Hall–Kier alpha value is -1.92. The second kappa shape index (κ2) is 5.94. The molecule has 2 aliphatic rings. The fourth-order valence-electron chi connectivity index (χ4n) is 3.27. The van der Waals surface area contributed by atoms with Gasteiger partial charge >= 0.3 is 6.03 Å². The second-order valence-electron chi connectivity index (χ2n) is 6.29. The summed E-state index contributed by atoms with van der Waals surface area (Å²) in [6.45, 7) is 7.12. The number of benzene rings is 1. The summed E-state index contributed by atoms with van der Waals surface area (Å²) in [6.07, 6.45) is 0.158. The quantitative estimate of drug-likeness (QED) is 0.860. The molecule has 1 atom stereocenters. The first kappa shape index (κ1) is 16.0. The van der Waals surface area contributed by atoms with Crippen LogP contribution in [0.1, 0.15) is 30.0 Å². The molecule has 124 valence electrons. The Morgan fingerprint density at radius 2 is 1.96 bits per heavy atom. The predicted molar refractivity (Wildman–Crippen MR) is 83.8 cm³/mol. The molecule has 2 saturated heterocycles. The number of ether oxygens (including phenoxy) is 2. The smallest absolute Gasteiger partial charge is 0.325 e. The van der Waals surface area contributed by atoms with Gasteiger partial charge in [-0.3, -0.25) is 9.69 Å². The van der Waals surface area contributed by atoms with E-state index in [-0.39, 0.29) is 24.8 Å². The number of nitrogens with one attached hydrogen (secondary N) is 1. The molecular formula is C17H22N2O4. The first-order valence-corrected chi connectivity index (χ1v) is 7.87. The van der Waals surface area contributed by atoms with Crippen LogP contribution in [0.5, 0.6) is 0 Å². The number of rotatable bonds is 4. The zero-order valence-corrected chi connectivity index (χ0v) is 13.7. The van der Waals surface area contributed by atoms with Crippen molar-refractivity contribution in [2.24, 2.45) is 0 Å². The maximum absolute atomic E-state index is 12.8. The fourth-order valence-corrected chi connectivity index (χ4v) is 3.27. The van der Waals surface area contributed by atoms with Crippen molar-refractivity contribution in [2.45, 2.75) is 39.0 Å². The summed E-state index contributed by atoms with van der Waals surface area (Å²) in [6, 6.07) is 5.52. The van der Waals surface area contributed by atoms with Crippen LogP contribution in [-0.4, -0.2) is 42.9 Å². The lowest BCUT2D eigenvalue weighted by Crippen LogP contribution is -2.41. The van der Waals surface area contributed by atoms with Gasteiger partial charge in [-0.15, -0.1) is 0 Å². The lowest BCUT2D eigenvalue weighted by molar-refractivity contribution is -0.131. The van der Waals surface area contributed by atoms with Gasteiger partial charge in [-0.2, -0.15) is 0 Å². The summed E-state index contributed by atoms with van der Waals surface area (Å²) in [5, 5.41) is 2.84. The number of nitrogens with zero attached hydrogens (tertiary/aromatic N) is 1. The van der Waals surface area contributed by atoms with E-state index in [1.54, 1.807) is 6.92 Å². The van der Waals surface area contributed by atoms with Gasteiger partial charge in [0.05, 0.1) is 13.2 Å². The van der Waals surface area contributed by atoms with Crippen LogP contribution in [-0.2, 0) is 19.8 Å². The van der Waals surface area contributed by atoms with Crippen LogP contribution in [0.15, 0.2) is 18.2 Å². The number of carbonyl (C=O) groups is 2. The van der Waals surface area contributed by atoms with E-state index in [1.807, 2.05) is 32.0 Å². The summed E-state index contributed by atoms with van der Waals surface area (Å²) in [7, 11) is 0. The van der Waals surface area contributed by atoms with E-state index in [1.165, 1.54) is 4.90 Å². The summed E-state index contributed by atoms with van der Waals surface area (Å²) in [5.41, 5.74) is 1.92. The van der Waals surface area contributed by atoms with E-state index < -0.39 is 5.54 Å². The Labute approximate surface area is 135 Å². The van der Waals surface area contributed by atoms with Gasteiger partial charge in [0.1, 0.15) is 5.54 Å². The molecule has 3 rings (SSSR count). The molecule has 1 N–H and O–H groups in total. The third kappa shape index (κ3) is 2.84. The Balaban J connectivity index is 1.78. The molecule has 2 fully saturated rings. The number of hydrogen-bond acceptors (Lipinski definition) is 4. The number of imide groups is 1. The van der Waals surface area contributed by atoms with Crippen LogP contribution < -0.4 is 5.32 Å². The average Bonchev–Trinajstić information content (AvgIpc) is 3.06. The van der Waals surface area contributed by atoms with Crippen molar-refractivity contribution in [2.75, 3.05) is 19.8 Å². The lowest BCUT2D eigenvalue weighted by Gasteiger charge is -2.24. The monoisotopic (exact) mass is 318 g/mol. The van der Waals surface area contributed by atoms with Crippen LogP contribution in [0.2, 0.25) is 0 Å². The van der Waals surface area contributed by atoms with Crippen molar-refractivity contribution in [3.8, 4) is 0 Å². The Bertz CT molecular complexity index is 639. The number of urea groups is 1. The summed E-state index contributed by atoms with van der Waals surface area (Å²) in [4.78, 5) is 26.4. The molecule has 0 aromatic heterocycles. The molecule has 1 aromatic carbocycles. The zero-order chi connectivity index (χ0) is 16.6. The van der Waals surface area contributed by atoms with Crippen molar-refractivity contribution >= 4 is 11.9 Å². The van der Waals surface area contributed by atoms with Gasteiger partial charge in [-0.05, 0) is 31.9 Å². The highest BCUT2D eigenvalue weighted by Crippen LogP contribution is 2.31. The van der Waals surface area contributed by atoms with Crippen molar-refractivity contribution in [3.05, 3.63) is 34.9 Å². The highest BCUT2D eigenvalue weighted by molar-refractivity contribution is 6.07. The minimum Gasteiger partial charge on any atom is -0.350 e. The van der Waals surface area contributed by atoms with E-state index >= 15 is 0 Å². The minimum absolute atomic E-state index is 0.229. The summed E-state index contributed by atoms with van der Waals surface area (Å²) >= 11 is 0. The third-order valence-corrected chi connectivity index (χ3v) is 4.47. The molecule has 3 amide bonds. The van der Waals surface area contributed by atoms with Crippen LogP contribution in [0, 0.1) is 13.8 Å². The molecule has 0 spiro atoms. The molecule has 6 heteroatoms. The average molecular weight is 318 g/mol. The molecule has 0 bridgehead atoms. The van der Waals surface area contributed by atoms with E-state index in [0.29, 0.717) is 19.6 Å². The normalized spacial score (nSPS) is 25.3. The van der Waals surface area contributed by atoms with Gasteiger partial charge in [-0.1, -0.05) is 23.8 Å². The van der Waals surface area contributed by atoms with E-state index in [9.17, 15) is 9.59 Å². The first-order chi connectivity index (χ1) is 10.9. The van der Waals surface area contributed by atoms with Crippen molar-refractivity contribution < 1.29 is 19.1 Å². The number of aryl methyl sites for hydroxylation is 2. The van der Waals surface area contributed by atoms with Crippen LogP contribution in [0.25, 0.3) is 0 Å². The molecule has 23 heavy (non-hydrogen) atoms. The van der Waals surface area contributed by atoms with Crippen molar-refractivity contribution in [1.29, 1.82) is 0 Å². The third-order valence-electron chi connectivity index (χ3n) is 4.47. The Morgan fingerprint density at radius 3 is 2.61 bits per heavy atom. The van der Waals surface area contributed by atoms with Crippen molar-refractivity contribution in [1.82, 2.24) is 10.2 Å². The second-order valence-corrected chi connectivity index (χ2v) is 6.29. The molecule has 0 saturated carbocycles. The maximum Gasteiger partial charge on any atom is 0.325 e. The summed E-state index contributed by atoms with van der Waals surface area (Å²) in [5.74, 6) is -0.229. The summed E-state index contributed by atoms with van der Waals surface area (Å²) < 4.78 is 10.7. The predicted octanol–water partition coefficient (Wildman–Crippen LogP) is 1.83. The van der Waals surface area contributed by atoms with Crippen LogP contribution in [0.3, 0.4) is 0 Å². The topological polar surface area (TPSA) is 67.9 Å².